The lowest BCUT2D eigenvalue weighted by Gasteiger charge is -2.27. The van der Waals surface area contributed by atoms with Crippen molar-refractivity contribution >= 4 is 24.0 Å². The normalized spacial score (nSPS) is 17.2. The highest BCUT2D eigenvalue weighted by Gasteiger charge is 2.30. The Morgan fingerprint density at radius 1 is 1.32 bits per heavy atom. The third-order valence-electron chi connectivity index (χ3n) is 3.65. The molecule has 106 valence electrons. The zero-order valence-electron chi connectivity index (χ0n) is 11.6. The van der Waals surface area contributed by atoms with Crippen molar-refractivity contribution in [3.63, 3.8) is 0 Å². The van der Waals surface area contributed by atoms with Crippen LogP contribution in [0.4, 0.5) is 5.69 Å². The van der Waals surface area contributed by atoms with Gasteiger partial charge in [-0.05, 0) is 37.8 Å². The van der Waals surface area contributed by atoms with Gasteiger partial charge in [0.2, 0.25) is 5.91 Å². The van der Waals surface area contributed by atoms with Gasteiger partial charge in [0, 0.05) is 18.3 Å². The number of hydrogen-bond acceptors (Lipinski definition) is 2. The third kappa shape index (κ3) is 4.22. The lowest BCUT2D eigenvalue weighted by molar-refractivity contribution is -0.122. The van der Waals surface area contributed by atoms with Crippen LogP contribution in [0.2, 0.25) is 0 Å². The van der Waals surface area contributed by atoms with Gasteiger partial charge in [0.1, 0.15) is 0 Å². The predicted octanol–water partition coefficient (Wildman–Crippen LogP) is 2.83. The van der Waals surface area contributed by atoms with E-state index in [4.69, 9.17) is 5.73 Å². The van der Waals surface area contributed by atoms with E-state index in [1.54, 1.807) is 0 Å². The molecule has 19 heavy (non-hydrogen) atoms. The molecule has 1 amide bonds. The number of rotatable bonds is 5. The van der Waals surface area contributed by atoms with Gasteiger partial charge in [-0.3, -0.25) is 4.79 Å². The number of halogens is 1. The largest absolute Gasteiger partial charge is 0.327 e. The van der Waals surface area contributed by atoms with Crippen molar-refractivity contribution in [1.29, 1.82) is 0 Å². The molecule has 1 aromatic rings. The Labute approximate surface area is 121 Å². The summed E-state index contributed by atoms with van der Waals surface area (Å²) in [4.78, 5) is 14.4. The van der Waals surface area contributed by atoms with E-state index in [2.05, 4.69) is 0 Å². The average Bonchev–Trinajstić information content (AvgIpc) is 3.19. The van der Waals surface area contributed by atoms with Crippen LogP contribution in [-0.4, -0.2) is 18.5 Å². The molecular formula is C15H23ClN2O. The molecule has 2 unspecified atom stereocenters. The van der Waals surface area contributed by atoms with Crippen LogP contribution in [0.3, 0.4) is 0 Å². The van der Waals surface area contributed by atoms with E-state index < -0.39 is 0 Å². The van der Waals surface area contributed by atoms with E-state index in [0.717, 1.165) is 12.2 Å². The topological polar surface area (TPSA) is 46.3 Å². The molecule has 0 aromatic heterocycles. The highest BCUT2D eigenvalue weighted by molar-refractivity contribution is 5.95. The van der Waals surface area contributed by atoms with Crippen LogP contribution >= 0.6 is 12.4 Å². The first-order chi connectivity index (χ1) is 8.59. The summed E-state index contributed by atoms with van der Waals surface area (Å²) in [6, 6.07) is 9.79. The number of nitrogens with two attached hydrogens (primary N) is 1. The zero-order chi connectivity index (χ0) is 13.1. The first kappa shape index (κ1) is 16.0. The molecule has 0 radical (unpaired) electrons. The number of carbonyl (C=O) groups excluding carboxylic acids is 1. The molecule has 2 rings (SSSR count). The molecule has 0 heterocycles. The van der Waals surface area contributed by atoms with E-state index in [0.29, 0.717) is 5.92 Å². The van der Waals surface area contributed by atoms with Crippen molar-refractivity contribution in [2.75, 3.05) is 11.4 Å². The Bertz CT molecular complexity index is 404. The Balaban J connectivity index is 0.00000180. The van der Waals surface area contributed by atoms with Crippen LogP contribution < -0.4 is 10.6 Å². The standard InChI is InChI=1S/C15H22N2O.ClH/c1-11(12(2)16)15(18)17(10-13-8-9-13)14-6-4-3-5-7-14;/h3-7,11-13H,8-10,16H2,1-2H3;1H. The molecule has 1 fully saturated rings. The van der Waals surface area contributed by atoms with Crippen LogP contribution in [0.25, 0.3) is 0 Å². The fourth-order valence-corrected chi connectivity index (χ4v) is 1.96. The average molecular weight is 283 g/mol. The SMILES string of the molecule is CC(N)C(C)C(=O)N(CC1CC1)c1ccccc1.Cl. The number of amides is 1. The van der Waals surface area contributed by atoms with E-state index in [-0.39, 0.29) is 30.3 Å². The summed E-state index contributed by atoms with van der Waals surface area (Å²) in [7, 11) is 0. The summed E-state index contributed by atoms with van der Waals surface area (Å²) < 4.78 is 0. The summed E-state index contributed by atoms with van der Waals surface area (Å²) in [6.45, 7) is 4.64. The molecule has 2 atom stereocenters. The van der Waals surface area contributed by atoms with Gasteiger partial charge in [0.25, 0.3) is 0 Å². The maximum absolute atomic E-state index is 12.5. The summed E-state index contributed by atoms with van der Waals surface area (Å²) in [5.74, 6) is 0.682. The minimum absolute atomic E-state index is 0. The number of nitrogens with zero attached hydrogens (tertiary/aromatic N) is 1. The molecule has 0 bridgehead atoms. The smallest absolute Gasteiger partial charge is 0.231 e. The number of carbonyl (C=O) groups is 1. The van der Waals surface area contributed by atoms with Gasteiger partial charge in [-0.2, -0.15) is 0 Å². The number of benzene rings is 1. The van der Waals surface area contributed by atoms with Gasteiger partial charge in [-0.1, -0.05) is 25.1 Å². The van der Waals surface area contributed by atoms with Gasteiger partial charge in [-0.15, -0.1) is 12.4 Å². The second kappa shape index (κ2) is 6.92. The molecule has 1 aromatic carbocycles. The molecule has 0 spiro atoms. The summed E-state index contributed by atoms with van der Waals surface area (Å²) in [6.07, 6.45) is 2.48. The number of para-hydroxylation sites is 1. The van der Waals surface area contributed by atoms with Gasteiger partial charge in [-0.25, -0.2) is 0 Å². The van der Waals surface area contributed by atoms with E-state index in [9.17, 15) is 4.79 Å². The number of anilines is 1. The van der Waals surface area contributed by atoms with E-state index >= 15 is 0 Å². The lowest BCUT2D eigenvalue weighted by Crippen LogP contribution is -2.42. The molecule has 0 aliphatic heterocycles. The summed E-state index contributed by atoms with van der Waals surface area (Å²) in [5.41, 5.74) is 6.84. The minimum atomic E-state index is -0.135. The van der Waals surface area contributed by atoms with Gasteiger partial charge >= 0.3 is 0 Å². The van der Waals surface area contributed by atoms with Gasteiger partial charge in [0.15, 0.2) is 0 Å². The highest BCUT2D eigenvalue weighted by atomic mass is 35.5. The van der Waals surface area contributed by atoms with Crippen molar-refractivity contribution in [2.45, 2.75) is 32.7 Å². The van der Waals surface area contributed by atoms with Crippen LogP contribution in [-0.2, 0) is 4.79 Å². The van der Waals surface area contributed by atoms with Crippen molar-refractivity contribution in [3.8, 4) is 0 Å². The molecule has 1 aliphatic rings. The Hall–Kier alpha value is -1.06. The quantitative estimate of drug-likeness (QED) is 0.903. The molecule has 3 nitrogen and oxygen atoms in total. The molecule has 1 saturated carbocycles. The van der Waals surface area contributed by atoms with Crippen molar-refractivity contribution in [2.24, 2.45) is 17.6 Å². The molecule has 1 aliphatic carbocycles. The fourth-order valence-electron chi connectivity index (χ4n) is 1.96. The Morgan fingerprint density at radius 3 is 2.37 bits per heavy atom. The monoisotopic (exact) mass is 282 g/mol. The molecular weight excluding hydrogens is 260 g/mol. The zero-order valence-corrected chi connectivity index (χ0v) is 12.4. The van der Waals surface area contributed by atoms with E-state index in [1.165, 1.54) is 12.8 Å². The summed E-state index contributed by atoms with van der Waals surface area (Å²) >= 11 is 0. The van der Waals surface area contributed by atoms with Crippen LogP contribution in [0, 0.1) is 11.8 Å². The second-order valence-corrected chi connectivity index (χ2v) is 5.38. The lowest BCUT2D eigenvalue weighted by atomic mass is 10.0. The number of hydrogen-bond donors (Lipinski definition) is 1. The van der Waals surface area contributed by atoms with Crippen LogP contribution in [0.5, 0.6) is 0 Å². The molecule has 4 heteroatoms. The first-order valence-corrected chi connectivity index (χ1v) is 6.71. The Kier molecular flexibility index (Phi) is 5.83. The Morgan fingerprint density at radius 2 is 1.89 bits per heavy atom. The molecule has 0 saturated heterocycles. The third-order valence-corrected chi connectivity index (χ3v) is 3.65. The minimum Gasteiger partial charge on any atom is -0.327 e. The maximum atomic E-state index is 12.5. The van der Waals surface area contributed by atoms with Crippen LogP contribution in [0.1, 0.15) is 26.7 Å². The van der Waals surface area contributed by atoms with Crippen molar-refractivity contribution in [3.05, 3.63) is 30.3 Å². The fraction of sp³-hybridized carbons (Fsp3) is 0.533. The summed E-state index contributed by atoms with van der Waals surface area (Å²) in [5, 5.41) is 0. The molecule has 2 N–H and O–H groups in total. The highest BCUT2D eigenvalue weighted by Crippen LogP contribution is 2.32. The second-order valence-electron chi connectivity index (χ2n) is 5.38. The van der Waals surface area contributed by atoms with Crippen LogP contribution in [0.15, 0.2) is 30.3 Å². The van der Waals surface area contributed by atoms with Gasteiger partial charge in [0.05, 0.1) is 5.92 Å². The predicted molar refractivity (Wildman–Crippen MR) is 81.6 cm³/mol. The van der Waals surface area contributed by atoms with E-state index in [1.807, 2.05) is 49.1 Å². The van der Waals surface area contributed by atoms with Crippen molar-refractivity contribution in [1.82, 2.24) is 0 Å². The van der Waals surface area contributed by atoms with Crippen molar-refractivity contribution < 1.29 is 4.79 Å². The first-order valence-electron chi connectivity index (χ1n) is 6.71. The van der Waals surface area contributed by atoms with Gasteiger partial charge < -0.3 is 10.6 Å². The maximum Gasteiger partial charge on any atom is 0.231 e.